The first-order valence-electron chi connectivity index (χ1n) is 10.3. The molecule has 0 atom stereocenters. The number of rotatable bonds is 8. The Hall–Kier alpha value is -1.83. The van der Waals surface area contributed by atoms with E-state index in [2.05, 4.69) is 30.4 Å². The van der Waals surface area contributed by atoms with Gasteiger partial charge in [-0.3, -0.25) is 4.79 Å². The van der Waals surface area contributed by atoms with Gasteiger partial charge in [-0.1, -0.05) is 42.0 Å². The Morgan fingerprint density at radius 1 is 1.07 bits per heavy atom. The van der Waals surface area contributed by atoms with E-state index in [1.54, 1.807) is 12.1 Å². The number of hydrogen-bond acceptors (Lipinski definition) is 4. The molecule has 1 saturated heterocycles. The lowest BCUT2D eigenvalue weighted by Crippen LogP contribution is -2.43. The number of benzene rings is 2. The molecule has 1 heterocycles. The molecule has 1 fully saturated rings. The Morgan fingerprint density at radius 2 is 1.73 bits per heavy atom. The third-order valence-corrected chi connectivity index (χ3v) is 8.47. The van der Waals surface area contributed by atoms with Crippen LogP contribution in [0.3, 0.4) is 0 Å². The molecule has 0 saturated carbocycles. The van der Waals surface area contributed by atoms with Crippen LogP contribution in [-0.2, 0) is 20.6 Å². The molecule has 0 radical (unpaired) electrons. The van der Waals surface area contributed by atoms with Crippen molar-refractivity contribution < 1.29 is 13.2 Å². The van der Waals surface area contributed by atoms with Crippen molar-refractivity contribution in [1.82, 2.24) is 9.62 Å². The van der Waals surface area contributed by atoms with Crippen molar-refractivity contribution in [2.24, 2.45) is 5.92 Å². The third-order valence-electron chi connectivity index (χ3n) is 5.55. The molecule has 5 nitrogen and oxygen atoms in total. The van der Waals surface area contributed by atoms with Crippen LogP contribution in [0.1, 0.15) is 29.5 Å². The van der Waals surface area contributed by atoms with E-state index in [0.29, 0.717) is 37.4 Å². The van der Waals surface area contributed by atoms with Crippen LogP contribution < -0.4 is 5.32 Å². The summed E-state index contributed by atoms with van der Waals surface area (Å²) < 4.78 is 27.1. The number of thioether (sulfide) groups is 1. The third kappa shape index (κ3) is 5.86. The maximum absolute atomic E-state index is 12.8. The van der Waals surface area contributed by atoms with Crippen LogP contribution in [0.5, 0.6) is 0 Å². The number of carbonyl (C=O) groups is 1. The molecule has 1 aliphatic rings. The number of nitrogens with zero attached hydrogens (tertiary/aromatic N) is 1. The first-order chi connectivity index (χ1) is 14.4. The van der Waals surface area contributed by atoms with Crippen molar-refractivity contribution in [3.05, 3.63) is 65.2 Å². The molecule has 162 valence electrons. The summed E-state index contributed by atoms with van der Waals surface area (Å²) in [6, 6.07) is 15.3. The molecule has 7 heteroatoms. The van der Waals surface area contributed by atoms with E-state index < -0.39 is 10.0 Å². The minimum absolute atomic E-state index is 0.0406. The lowest BCUT2D eigenvalue weighted by atomic mass is 9.97. The molecule has 1 amide bonds. The summed E-state index contributed by atoms with van der Waals surface area (Å²) in [6.07, 6.45) is 1.13. The van der Waals surface area contributed by atoms with E-state index in [1.807, 2.05) is 36.9 Å². The van der Waals surface area contributed by atoms with Gasteiger partial charge in [-0.25, -0.2) is 8.42 Å². The van der Waals surface area contributed by atoms with E-state index in [1.165, 1.54) is 15.4 Å². The fourth-order valence-corrected chi connectivity index (χ4v) is 5.97. The van der Waals surface area contributed by atoms with Crippen molar-refractivity contribution in [3.8, 4) is 0 Å². The second kappa shape index (κ2) is 10.5. The SMILES string of the molecule is Cc1ccc(S(=O)(=O)N2CCC(C(=O)NCCSCc3ccccc3C)CC2)cc1. The van der Waals surface area contributed by atoms with E-state index in [-0.39, 0.29) is 11.8 Å². The van der Waals surface area contributed by atoms with Gasteiger partial charge in [0.1, 0.15) is 0 Å². The highest BCUT2D eigenvalue weighted by molar-refractivity contribution is 7.98. The molecule has 3 rings (SSSR count). The van der Waals surface area contributed by atoms with Gasteiger partial charge in [0.25, 0.3) is 0 Å². The van der Waals surface area contributed by atoms with E-state index in [4.69, 9.17) is 0 Å². The average molecular weight is 447 g/mol. The van der Waals surface area contributed by atoms with Crippen LogP contribution in [0, 0.1) is 19.8 Å². The Labute approximate surface area is 184 Å². The van der Waals surface area contributed by atoms with Crippen LogP contribution in [0.4, 0.5) is 0 Å². The molecule has 0 spiro atoms. The van der Waals surface area contributed by atoms with Crippen LogP contribution in [-0.4, -0.2) is 44.0 Å². The van der Waals surface area contributed by atoms with Gasteiger partial charge in [0.05, 0.1) is 4.90 Å². The molecule has 0 aliphatic carbocycles. The molecule has 2 aromatic carbocycles. The van der Waals surface area contributed by atoms with Gasteiger partial charge in [0, 0.05) is 37.1 Å². The predicted octanol–water partition coefficient (Wildman–Crippen LogP) is 3.75. The number of carbonyl (C=O) groups excluding carboxylic acids is 1. The first kappa shape index (κ1) is 22.8. The van der Waals surface area contributed by atoms with Crippen LogP contribution in [0.2, 0.25) is 0 Å². The Kier molecular flexibility index (Phi) is 7.97. The van der Waals surface area contributed by atoms with Crippen LogP contribution in [0.25, 0.3) is 0 Å². The number of hydrogen-bond donors (Lipinski definition) is 1. The van der Waals surface area contributed by atoms with Crippen molar-refractivity contribution in [1.29, 1.82) is 0 Å². The van der Waals surface area contributed by atoms with E-state index in [9.17, 15) is 13.2 Å². The number of sulfonamides is 1. The monoisotopic (exact) mass is 446 g/mol. The van der Waals surface area contributed by atoms with Gasteiger partial charge in [-0.2, -0.15) is 16.1 Å². The van der Waals surface area contributed by atoms with E-state index >= 15 is 0 Å². The summed E-state index contributed by atoms with van der Waals surface area (Å²) in [4.78, 5) is 12.8. The number of nitrogens with one attached hydrogen (secondary N) is 1. The summed E-state index contributed by atoms with van der Waals surface area (Å²) in [5.41, 5.74) is 3.65. The quantitative estimate of drug-likeness (QED) is 0.627. The topological polar surface area (TPSA) is 66.5 Å². The second-order valence-electron chi connectivity index (χ2n) is 7.76. The fourth-order valence-electron chi connectivity index (χ4n) is 3.56. The van der Waals surface area contributed by atoms with Crippen molar-refractivity contribution >= 4 is 27.7 Å². The van der Waals surface area contributed by atoms with Crippen LogP contribution in [0.15, 0.2) is 53.4 Å². The normalized spacial score (nSPS) is 15.8. The molecule has 2 aromatic rings. The summed E-state index contributed by atoms with van der Waals surface area (Å²) >= 11 is 1.81. The summed E-state index contributed by atoms with van der Waals surface area (Å²) in [6.45, 7) is 5.45. The summed E-state index contributed by atoms with van der Waals surface area (Å²) in [5.74, 6) is 1.73. The lowest BCUT2D eigenvalue weighted by molar-refractivity contribution is -0.125. The Morgan fingerprint density at radius 3 is 2.40 bits per heavy atom. The van der Waals surface area contributed by atoms with Gasteiger partial charge in [-0.15, -0.1) is 0 Å². The lowest BCUT2D eigenvalue weighted by Gasteiger charge is -2.30. The van der Waals surface area contributed by atoms with Gasteiger partial charge < -0.3 is 5.32 Å². The van der Waals surface area contributed by atoms with Gasteiger partial charge in [0.15, 0.2) is 0 Å². The predicted molar refractivity (Wildman–Crippen MR) is 123 cm³/mol. The standard InChI is InChI=1S/C23H30N2O3S2/c1-18-7-9-22(10-8-18)30(27,28)25-14-11-20(12-15-25)23(26)24-13-16-29-17-21-6-4-3-5-19(21)2/h3-10,20H,11-17H2,1-2H3,(H,24,26). The smallest absolute Gasteiger partial charge is 0.243 e. The molecule has 1 aliphatic heterocycles. The van der Waals surface area contributed by atoms with E-state index in [0.717, 1.165) is 17.1 Å². The Bertz CT molecular complexity index is 951. The fraction of sp³-hybridized carbons (Fsp3) is 0.435. The minimum atomic E-state index is -3.48. The molecule has 0 aromatic heterocycles. The van der Waals surface area contributed by atoms with Gasteiger partial charge >= 0.3 is 0 Å². The zero-order valence-corrected chi connectivity index (χ0v) is 19.3. The number of amides is 1. The summed E-state index contributed by atoms with van der Waals surface area (Å²) in [5, 5.41) is 3.02. The highest BCUT2D eigenvalue weighted by atomic mass is 32.2. The van der Waals surface area contributed by atoms with Gasteiger partial charge in [-0.05, 0) is 49.9 Å². The van der Waals surface area contributed by atoms with Crippen molar-refractivity contribution in [3.63, 3.8) is 0 Å². The van der Waals surface area contributed by atoms with Gasteiger partial charge in [0.2, 0.25) is 15.9 Å². The zero-order valence-electron chi connectivity index (χ0n) is 17.6. The van der Waals surface area contributed by atoms with Crippen LogP contribution >= 0.6 is 11.8 Å². The number of aryl methyl sites for hydroxylation is 2. The molecule has 30 heavy (non-hydrogen) atoms. The highest BCUT2D eigenvalue weighted by Crippen LogP contribution is 2.24. The molecular formula is C23H30N2O3S2. The molecule has 1 N–H and O–H groups in total. The zero-order chi connectivity index (χ0) is 21.6. The highest BCUT2D eigenvalue weighted by Gasteiger charge is 2.31. The second-order valence-corrected chi connectivity index (χ2v) is 10.8. The van der Waals surface area contributed by atoms with Crippen molar-refractivity contribution in [2.45, 2.75) is 37.3 Å². The maximum Gasteiger partial charge on any atom is 0.243 e. The maximum atomic E-state index is 12.8. The Balaban J connectivity index is 1.40. The molecule has 0 unspecified atom stereocenters. The molecule has 0 bridgehead atoms. The minimum Gasteiger partial charge on any atom is -0.355 e. The van der Waals surface area contributed by atoms with Crippen molar-refractivity contribution in [2.75, 3.05) is 25.4 Å². The largest absolute Gasteiger partial charge is 0.355 e. The molecular weight excluding hydrogens is 416 g/mol. The summed E-state index contributed by atoms with van der Waals surface area (Å²) in [7, 11) is -3.48. The average Bonchev–Trinajstić information content (AvgIpc) is 2.75. The first-order valence-corrected chi connectivity index (χ1v) is 12.9. The number of piperidine rings is 1.